The molecule has 1 saturated heterocycles. The first-order chi connectivity index (χ1) is 22.2. The second kappa shape index (κ2) is 15.7. The van der Waals surface area contributed by atoms with E-state index in [1.807, 2.05) is 60.7 Å². The Bertz CT molecular complexity index is 1350. The highest BCUT2D eigenvalue weighted by Crippen LogP contribution is 2.41. The van der Waals surface area contributed by atoms with Crippen molar-refractivity contribution in [2.75, 3.05) is 26.6 Å². The van der Waals surface area contributed by atoms with Crippen LogP contribution in [-0.2, 0) is 27.9 Å². The summed E-state index contributed by atoms with van der Waals surface area (Å²) in [6, 6.07) is 20.8. The van der Waals surface area contributed by atoms with Gasteiger partial charge < -0.3 is 28.2 Å². The average molecular weight is 716 g/mol. The summed E-state index contributed by atoms with van der Waals surface area (Å²) in [5.74, 6) is -0.865. The number of hydrogen-bond donors (Lipinski definition) is 1. The third-order valence-electron chi connectivity index (χ3n) is 9.69. The highest BCUT2D eigenvalue weighted by Gasteiger charge is 2.62. The predicted octanol–water partition coefficient (Wildman–Crippen LogP) is 6.62. The molecule has 1 heterocycles. The maximum absolute atomic E-state index is 13.9. The molecule has 13 heteroatoms. The van der Waals surface area contributed by atoms with Crippen LogP contribution < -0.4 is 10.4 Å². The smallest absolute Gasteiger partial charge is 0.323 e. The fourth-order valence-corrected chi connectivity index (χ4v) is 12.0. The van der Waals surface area contributed by atoms with Crippen LogP contribution in [0.25, 0.3) is 10.4 Å². The monoisotopic (exact) mass is 715 g/mol. The van der Waals surface area contributed by atoms with Crippen LogP contribution in [0.3, 0.4) is 0 Å². The lowest BCUT2D eigenvalue weighted by molar-refractivity contribution is -0.165. The molecule has 0 bridgehead atoms. The van der Waals surface area contributed by atoms with E-state index in [-0.39, 0.29) is 25.0 Å². The van der Waals surface area contributed by atoms with Gasteiger partial charge in [0, 0.05) is 19.6 Å². The molecule has 10 nitrogen and oxygen atoms in total. The van der Waals surface area contributed by atoms with E-state index in [0.717, 1.165) is 16.4 Å². The largest absolute Gasteiger partial charge is 0.456 e. The normalized spacial score (nSPS) is 21.5. The number of benzene rings is 2. The summed E-state index contributed by atoms with van der Waals surface area (Å²) in [4.78, 5) is 16.9. The van der Waals surface area contributed by atoms with E-state index < -0.39 is 59.6 Å². The van der Waals surface area contributed by atoms with Gasteiger partial charge in [-0.05, 0) is 45.1 Å². The number of rotatable bonds is 16. The Hall–Kier alpha value is -2.33. The van der Waals surface area contributed by atoms with Crippen LogP contribution in [-0.4, -0.2) is 86.2 Å². The molecule has 3 rings (SSSR count). The molecule has 1 aliphatic rings. The van der Waals surface area contributed by atoms with Crippen molar-refractivity contribution in [1.29, 1.82) is 0 Å². The molecule has 0 spiro atoms. The zero-order chi connectivity index (χ0) is 36.0. The number of aliphatic hydroxyl groups is 1. The topological polar surface area (TPSA) is 132 Å². The number of carbonyl (C=O) groups excluding carboxylic acids is 1. The van der Waals surface area contributed by atoms with E-state index in [9.17, 15) is 15.4 Å². The Morgan fingerprint density at radius 2 is 1.46 bits per heavy atom. The summed E-state index contributed by atoms with van der Waals surface area (Å²) in [7, 11) is -6.76. The van der Waals surface area contributed by atoms with E-state index in [1.165, 1.54) is 0 Å². The van der Waals surface area contributed by atoms with Crippen LogP contribution in [0.4, 0.5) is 0 Å². The summed E-state index contributed by atoms with van der Waals surface area (Å²) < 4.78 is 31.4. The Labute approximate surface area is 290 Å². The van der Waals surface area contributed by atoms with Gasteiger partial charge in [0.25, 0.3) is 8.32 Å². The van der Waals surface area contributed by atoms with Crippen molar-refractivity contribution in [1.82, 2.24) is 0 Å². The maximum Gasteiger partial charge on any atom is 0.323 e. The van der Waals surface area contributed by atoms with Gasteiger partial charge in [0.2, 0.25) is 0 Å². The first-order valence-corrected chi connectivity index (χ1v) is 25.3. The van der Waals surface area contributed by atoms with Gasteiger partial charge in [-0.1, -0.05) is 127 Å². The minimum atomic E-state index is -3.18. The fraction of sp³-hybridized carbons (Fsp3) is 0.629. The van der Waals surface area contributed by atoms with E-state index in [0.29, 0.717) is 6.61 Å². The minimum Gasteiger partial charge on any atom is -0.456 e. The van der Waals surface area contributed by atoms with Crippen molar-refractivity contribution >= 4 is 41.1 Å². The van der Waals surface area contributed by atoms with Crippen molar-refractivity contribution in [3.05, 3.63) is 71.1 Å². The lowest BCUT2D eigenvalue weighted by Crippen LogP contribution is -2.68. The van der Waals surface area contributed by atoms with Gasteiger partial charge in [0.1, 0.15) is 19.0 Å². The third kappa shape index (κ3) is 9.06. The number of esters is 1. The molecular formula is C35H57N3O7Si3. The summed E-state index contributed by atoms with van der Waals surface area (Å²) in [5, 5.41) is 17.4. The predicted molar refractivity (Wildman–Crippen MR) is 198 cm³/mol. The Balaban J connectivity index is 2.00. The molecule has 2 aromatic carbocycles. The van der Waals surface area contributed by atoms with Crippen LogP contribution >= 0.6 is 0 Å². The second-order valence-electron chi connectivity index (χ2n) is 16.5. The van der Waals surface area contributed by atoms with Gasteiger partial charge in [-0.3, -0.25) is 4.79 Å². The molecule has 266 valence electrons. The molecule has 1 fully saturated rings. The van der Waals surface area contributed by atoms with E-state index in [4.69, 9.17) is 23.1 Å². The number of nitrogens with zero attached hydrogens (tertiary/aromatic N) is 3. The summed E-state index contributed by atoms with van der Waals surface area (Å²) in [6.07, 6.45) is -3.64. The van der Waals surface area contributed by atoms with Crippen LogP contribution in [0.2, 0.25) is 48.9 Å². The van der Waals surface area contributed by atoms with E-state index in [2.05, 4.69) is 84.3 Å². The molecule has 0 amide bonds. The van der Waals surface area contributed by atoms with Gasteiger partial charge in [0.15, 0.2) is 20.0 Å². The van der Waals surface area contributed by atoms with Crippen molar-refractivity contribution in [3.8, 4) is 0 Å². The Morgan fingerprint density at radius 3 is 1.92 bits per heavy atom. The zero-order valence-corrected chi connectivity index (χ0v) is 33.8. The van der Waals surface area contributed by atoms with E-state index in [1.54, 1.807) is 0 Å². The first kappa shape index (κ1) is 40.1. The SMILES string of the molecule is CC(C)(C)[Si](C)(C)OC[C@H](OCOCC[Si](C)(C)C)[C@H]1OC(=O)[C@@](CO[Si](c2ccccc2)(c2ccccc2)C(C)(C)C)(N=[N+]=[N-])[C@H]1O. The number of cyclic esters (lactones) is 1. The molecule has 0 unspecified atom stereocenters. The second-order valence-corrected chi connectivity index (χ2v) is 31.2. The summed E-state index contributed by atoms with van der Waals surface area (Å²) in [5.41, 5.74) is 7.72. The molecule has 1 N–H and O–H groups in total. The maximum atomic E-state index is 13.9. The minimum absolute atomic E-state index is 0.0603. The molecule has 0 radical (unpaired) electrons. The molecule has 0 aromatic heterocycles. The number of carbonyl (C=O) groups is 1. The van der Waals surface area contributed by atoms with Crippen molar-refractivity contribution in [2.45, 2.75) is 114 Å². The molecule has 0 saturated carbocycles. The Kier molecular flexibility index (Phi) is 13.1. The summed E-state index contributed by atoms with van der Waals surface area (Å²) >= 11 is 0. The van der Waals surface area contributed by atoms with Crippen molar-refractivity contribution in [3.63, 3.8) is 0 Å². The number of aliphatic hydroxyl groups excluding tert-OH is 1. The lowest BCUT2D eigenvalue weighted by Gasteiger charge is -2.44. The van der Waals surface area contributed by atoms with Gasteiger partial charge in [0.05, 0.1) is 13.2 Å². The third-order valence-corrected chi connectivity index (χ3v) is 20.9. The lowest BCUT2D eigenvalue weighted by atomic mass is 9.92. The van der Waals surface area contributed by atoms with Gasteiger partial charge in [-0.25, -0.2) is 0 Å². The highest BCUT2D eigenvalue weighted by atomic mass is 28.4. The standard InChI is InChI=1S/C35H57N3O7Si3/c1-33(2,3)47(10,11)43-24-29(42-26-41-22-23-46(7,8)9)30-31(39)35(37-38-36,32(40)45-30)25-44-48(34(4,5)6,27-18-14-12-15-19-27)28-20-16-13-17-21-28/h12-21,29-31,39H,22-26H2,1-11H3/t29-,30+,31-,35-/m0/s1. The number of hydrogen-bond acceptors (Lipinski definition) is 8. The van der Waals surface area contributed by atoms with Crippen LogP contribution in [0.15, 0.2) is 65.8 Å². The highest BCUT2D eigenvalue weighted by molar-refractivity contribution is 6.99. The molecule has 4 atom stereocenters. The molecule has 48 heavy (non-hydrogen) atoms. The zero-order valence-electron chi connectivity index (χ0n) is 30.8. The van der Waals surface area contributed by atoms with Crippen molar-refractivity contribution in [2.24, 2.45) is 5.11 Å². The van der Waals surface area contributed by atoms with Crippen molar-refractivity contribution < 1.29 is 33.0 Å². The summed E-state index contributed by atoms with van der Waals surface area (Å²) in [6.45, 7) is 23.9. The number of azide groups is 1. The molecule has 0 aliphatic carbocycles. The van der Waals surface area contributed by atoms with Gasteiger partial charge >= 0.3 is 5.97 Å². The first-order valence-electron chi connectivity index (χ1n) is 16.8. The number of ether oxygens (including phenoxy) is 3. The van der Waals surface area contributed by atoms with Crippen LogP contribution in [0, 0.1) is 0 Å². The Morgan fingerprint density at radius 1 is 0.917 bits per heavy atom. The molecule has 1 aliphatic heterocycles. The van der Waals surface area contributed by atoms with Crippen LogP contribution in [0.5, 0.6) is 0 Å². The van der Waals surface area contributed by atoms with E-state index >= 15 is 0 Å². The average Bonchev–Trinajstić information content (AvgIpc) is 3.23. The molecule has 2 aromatic rings. The van der Waals surface area contributed by atoms with Crippen LogP contribution in [0.1, 0.15) is 41.5 Å². The fourth-order valence-electron chi connectivity index (χ4n) is 5.61. The quantitative estimate of drug-likeness (QED) is 0.0393. The van der Waals surface area contributed by atoms with Gasteiger partial charge in [-0.2, -0.15) is 0 Å². The van der Waals surface area contributed by atoms with Gasteiger partial charge in [-0.15, -0.1) is 0 Å². The molecular weight excluding hydrogens is 659 g/mol.